The van der Waals surface area contributed by atoms with Crippen molar-refractivity contribution in [2.45, 2.75) is 6.42 Å². The Balaban J connectivity index is 2.61. The number of hydrogen-bond donors (Lipinski definition) is 0. The molecule has 84 valence electrons. The number of para-hydroxylation sites is 1. The lowest BCUT2D eigenvalue weighted by Gasteiger charge is -2.14. The van der Waals surface area contributed by atoms with Gasteiger partial charge in [0.25, 0.3) is 0 Å². The maximum absolute atomic E-state index is 11.0. The van der Waals surface area contributed by atoms with Crippen LogP contribution in [0.1, 0.15) is 5.56 Å². The Labute approximate surface area is 95.0 Å². The molecule has 16 heavy (non-hydrogen) atoms. The van der Waals surface area contributed by atoms with Gasteiger partial charge in [0.05, 0.1) is 7.11 Å². The minimum Gasteiger partial charge on any atom is -0.496 e. The molecule has 0 atom stereocenters. The number of benzene rings is 1. The number of amides is 1. The van der Waals surface area contributed by atoms with Gasteiger partial charge in [0.15, 0.2) is 6.07 Å². The number of methoxy groups -OCH3 is 1. The summed E-state index contributed by atoms with van der Waals surface area (Å²) in [5.41, 5.74) is 1.03. The largest absolute Gasteiger partial charge is 0.496 e. The third-order valence-corrected chi connectivity index (χ3v) is 2.35. The molecule has 0 saturated carbocycles. The second-order valence-corrected chi connectivity index (χ2v) is 3.40. The van der Waals surface area contributed by atoms with Gasteiger partial charge < -0.3 is 9.64 Å². The predicted molar refractivity (Wildman–Crippen MR) is 59.9 cm³/mol. The van der Waals surface area contributed by atoms with E-state index < -0.39 is 5.91 Å². The molecular weight excluding hydrogens is 204 g/mol. The summed E-state index contributed by atoms with van der Waals surface area (Å²) in [5.74, 6) is 0.287. The van der Waals surface area contributed by atoms with Crippen LogP contribution in [-0.2, 0) is 11.2 Å². The number of ether oxygens (including phenoxy) is 1. The lowest BCUT2D eigenvalue weighted by atomic mass is 10.1. The van der Waals surface area contributed by atoms with E-state index in [9.17, 15) is 4.79 Å². The summed E-state index contributed by atoms with van der Waals surface area (Å²) in [6, 6.07) is 9.23. The Morgan fingerprint density at radius 1 is 1.50 bits per heavy atom. The van der Waals surface area contributed by atoms with Crippen molar-refractivity contribution in [2.75, 3.05) is 20.7 Å². The van der Waals surface area contributed by atoms with Crippen LogP contribution in [0.3, 0.4) is 0 Å². The van der Waals surface area contributed by atoms with Crippen LogP contribution in [-0.4, -0.2) is 31.5 Å². The van der Waals surface area contributed by atoms with Gasteiger partial charge >= 0.3 is 5.91 Å². The summed E-state index contributed by atoms with van der Waals surface area (Å²) in [6.07, 6.45) is 0.675. The Hall–Kier alpha value is -2.02. The zero-order valence-corrected chi connectivity index (χ0v) is 9.43. The molecule has 0 spiro atoms. The average Bonchev–Trinajstić information content (AvgIpc) is 2.35. The maximum Gasteiger partial charge on any atom is 0.324 e. The Kier molecular flexibility index (Phi) is 4.34. The highest BCUT2D eigenvalue weighted by atomic mass is 16.5. The molecule has 4 heteroatoms. The number of carbonyl (C=O) groups excluding carboxylic acids is 1. The quantitative estimate of drug-likeness (QED) is 0.714. The van der Waals surface area contributed by atoms with Crippen molar-refractivity contribution in [3.63, 3.8) is 0 Å². The van der Waals surface area contributed by atoms with Gasteiger partial charge in [-0.15, -0.1) is 0 Å². The topological polar surface area (TPSA) is 53.3 Å². The van der Waals surface area contributed by atoms with Crippen LogP contribution >= 0.6 is 0 Å². The average molecular weight is 218 g/mol. The first-order chi connectivity index (χ1) is 7.69. The molecule has 1 aromatic carbocycles. The molecule has 0 unspecified atom stereocenters. The normalized spacial score (nSPS) is 9.31. The van der Waals surface area contributed by atoms with Crippen LogP contribution in [0.15, 0.2) is 24.3 Å². The standard InChI is InChI=1S/C12H14N2O2/c1-14(12(15)9-13)8-7-10-5-3-4-6-11(10)16-2/h3-6H,7-8H2,1-2H3. The van der Waals surface area contributed by atoms with Gasteiger partial charge in [0, 0.05) is 13.6 Å². The minimum atomic E-state index is -0.519. The molecule has 0 N–H and O–H groups in total. The fraction of sp³-hybridized carbons (Fsp3) is 0.333. The summed E-state index contributed by atoms with van der Waals surface area (Å²) in [5, 5.41) is 8.44. The highest BCUT2D eigenvalue weighted by molar-refractivity contribution is 5.90. The number of nitrogens with zero attached hydrogens (tertiary/aromatic N) is 2. The van der Waals surface area contributed by atoms with E-state index in [0.717, 1.165) is 11.3 Å². The number of carbonyl (C=O) groups is 1. The summed E-state index contributed by atoms with van der Waals surface area (Å²) < 4.78 is 5.20. The molecule has 0 fully saturated rings. The van der Waals surface area contributed by atoms with Gasteiger partial charge in [-0.1, -0.05) is 18.2 Å². The third-order valence-electron chi connectivity index (χ3n) is 2.35. The van der Waals surface area contributed by atoms with Crippen LogP contribution in [0, 0.1) is 11.3 Å². The maximum atomic E-state index is 11.0. The molecule has 0 radical (unpaired) electrons. The molecule has 0 bridgehead atoms. The first kappa shape index (κ1) is 12.1. The van der Waals surface area contributed by atoms with Gasteiger partial charge in [-0.05, 0) is 18.1 Å². The van der Waals surface area contributed by atoms with Gasteiger partial charge in [-0.25, -0.2) is 0 Å². The molecule has 0 heterocycles. The molecule has 1 amide bonds. The van der Waals surface area contributed by atoms with Crippen molar-refractivity contribution in [2.24, 2.45) is 0 Å². The highest BCUT2D eigenvalue weighted by Gasteiger charge is 2.08. The molecule has 4 nitrogen and oxygen atoms in total. The van der Waals surface area contributed by atoms with E-state index in [-0.39, 0.29) is 0 Å². The number of hydrogen-bond acceptors (Lipinski definition) is 3. The molecule has 1 aromatic rings. The number of likely N-dealkylation sites (N-methyl/N-ethyl adjacent to an activating group) is 1. The summed E-state index contributed by atoms with van der Waals surface area (Å²) >= 11 is 0. The first-order valence-electron chi connectivity index (χ1n) is 4.96. The van der Waals surface area contributed by atoms with Crippen LogP contribution in [0.4, 0.5) is 0 Å². The minimum absolute atomic E-state index is 0.507. The molecule has 0 aliphatic carbocycles. The first-order valence-corrected chi connectivity index (χ1v) is 4.96. The smallest absolute Gasteiger partial charge is 0.324 e. The Bertz CT molecular complexity index is 410. The molecule has 0 saturated heterocycles. The zero-order chi connectivity index (χ0) is 12.0. The number of rotatable bonds is 4. The van der Waals surface area contributed by atoms with Gasteiger partial charge in [-0.3, -0.25) is 4.79 Å². The second kappa shape index (κ2) is 5.76. The van der Waals surface area contributed by atoms with Crippen molar-refractivity contribution in [3.05, 3.63) is 29.8 Å². The van der Waals surface area contributed by atoms with Crippen molar-refractivity contribution in [1.82, 2.24) is 4.90 Å². The van der Waals surface area contributed by atoms with Crippen LogP contribution < -0.4 is 4.74 Å². The summed E-state index contributed by atoms with van der Waals surface area (Å²) in [4.78, 5) is 12.4. The molecule has 0 aliphatic rings. The Morgan fingerprint density at radius 3 is 2.81 bits per heavy atom. The molecule has 1 rings (SSSR count). The molecular formula is C12H14N2O2. The lowest BCUT2D eigenvalue weighted by Crippen LogP contribution is -2.27. The van der Waals surface area contributed by atoms with Gasteiger partial charge in [0.2, 0.25) is 0 Å². The Morgan fingerprint density at radius 2 is 2.19 bits per heavy atom. The van der Waals surface area contributed by atoms with Crippen molar-refractivity contribution in [3.8, 4) is 11.8 Å². The van der Waals surface area contributed by atoms with Crippen LogP contribution in [0.5, 0.6) is 5.75 Å². The van der Waals surface area contributed by atoms with Crippen molar-refractivity contribution >= 4 is 5.91 Å². The van der Waals surface area contributed by atoms with E-state index >= 15 is 0 Å². The van der Waals surface area contributed by atoms with Gasteiger partial charge in [0.1, 0.15) is 5.75 Å². The lowest BCUT2D eigenvalue weighted by molar-refractivity contribution is -0.124. The monoisotopic (exact) mass is 218 g/mol. The molecule has 0 aliphatic heterocycles. The zero-order valence-electron chi connectivity index (χ0n) is 9.43. The van der Waals surface area contributed by atoms with E-state index in [0.29, 0.717) is 13.0 Å². The van der Waals surface area contributed by atoms with Crippen molar-refractivity contribution < 1.29 is 9.53 Å². The number of nitriles is 1. The highest BCUT2D eigenvalue weighted by Crippen LogP contribution is 2.17. The third kappa shape index (κ3) is 2.99. The van der Waals surface area contributed by atoms with Gasteiger partial charge in [-0.2, -0.15) is 5.26 Å². The van der Waals surface area contributed by atoms with E-state index in [1.54, 1.807) is 20.2 Å². The summed E-state index contributed by atoms with van der Waals surface area (Å²) in [6.45, 7) is 0.507. The fourth-order valence-electron chi connectivity index (χ4n) is 1.38. The van der Waals surface area contributed by atoms with Crippen molar-refractivity contribution in [1.29, 1.82) is 5.26 Å². The SMILES string of the molecule is COc1ccccc1CCN(C)C(=O)C#N. The summed E-state index contributed by atoms with van der Waals surface area (Å²) in [7, 11) is 3.23. The van der Waals surface area contributed by atoms with E-state index in [2.05, 4.69) is 0 Å². The van der Waals surface area contributed by atoms with E-state index in [1.165, 1.54) is 4.90 Å². The molecule has 0 aromatic heterocycles. The van der Waals surface area contributed by atoms with E-state index in [4.69, 9.17) is 10.00 Å². The predicted octanol–water partition coefficient (Wildman–Crippen LogP) is 1.22. The second-order valence-electron chi connectivity index (χ2n) is 3.40. The van der Waals surface area contributed by atoms with E-state index in [1.807, 2.05) is 24.3 Å². The fourth-order valence-corrected chi connectivity index (χ4v) is 1.38. The van der Waals surface area contributed by atoms with Crippen LogP contribution in [0.2, 0.25) is 0 Å². The van der Waals surface area contributed by atoms with Crippen LogP contribution in [0.25, 0.3) is 0 Å².